The second kappa shape index (κ2) is 7.68. The maximum absolute atomic E-state index is 13.0. The first kappa shape index (κ1) is 22.7. The molecular formula is C17H28F6N2O2. The standard InChI is InChI=1S/C17H28F6N2O2/c1-14(2)10-24(8-12(26-14)16(18,19)20)6-5-7-25-9-13(17(21,22)23)27-15(3,4)11-25/h12-13H,5-11H2,1-4H3. The van der Waals surface area contributed by atoms with Gasteiger partial charge in [0.25, 0.3) is 0 Å². The Morgan fingerprint density at radius 1 is 0.741 bits per heavy atom. The van der Waals surface area contributed by atoms with Gasteiger partial charge in [-0.25, -0.2) is 0 Å². The number of halogens is 6. The first-order chi connectivity index (χ1) is 12.1. The molecule has 0 N–H and O–H groups in total. The second-order valence-electron chi connectivity index (χ2n) is 8.64. The Morgan fingerprint density at radius 2 is 1.07 bits per heavy atom. The van der Waals surface area contributed by atoms with Gasteiger partial charge in [-0.3, -0.25) is 9.80 Å². The molecule has 4 nitrogen and oxygen atoms in total. The average molecular weight is 406 g/mol. The minimum atomic E-state index is -4.44. The van der Waals surface area contributed by atoms with Gasteiger partial charge in [0.2, 0.25) is 0 Å². The zero-order valence-electron chi connectivity index (χ0n) is 16.1. The number of hydrogen-bond donors (Lipinski definition) is 0. The van der Waals surface area contributed by atoms with E-state index in [0.29, 0.717) is 32.6 Å². The quantitative estimate of drug-likeness (QED) is 0.668. The first-order valence-corrected chi connectivity index (χ1v) is 9.01. The third kappa shape index (κ3) is 6.76. The molecule has 0 amide bonds. The van der Waals surface area contributed by atoms with Gasteiger partial charge in [-0.05, 0) is 47.2 Å². The first-order valence-electron chi connectivity index (χ1n) is 9.01. The van der Waals surface area contributed by atoms with Gasteiger partial charge in [-0.15, -0.1) is 0 Å². The van der Waals surface area contributed by atoms with E-state index in [1.165, 1.54) is 0 Å². The van der Waals surface area contributed by atoms with Gasteiger partial charge in [-0.2, -0.15) is 26.3 Å². The molecule has 0 aliphatic carbocycles. The van der Waals surface area contributed by atoms with Gasteiger partial charge < -0.3 is 9.47 Å². The molecule has 0 aromatic rings. The number of nitrogens with zero attached hydrogens (tertiary/aromatic N) is 2. The van der Waals surface area contributed by atoms with Gasteiger partial charge in [-0.1, -0.05) is 0 Å². The van der Waals surface area contributed by atoms with Crippen LogP contribution in [0.3, 0.4) is 0 Å². The summed E-state index contributed by atoms with van der Waals surface area (Å²) in [5.74, 6) is 0. The van der Waals surface area contributed by atoms with E-state index in [1.54, 1.807) is 37.5 Å². The van der Waals surface area contributed by atoms with Crippen molar-refractivity contribution in [3.8, 4) is 0 Å². The lowest BCUT2D eigenvalue weighted by Crippen LogP contribution is -2.58. The van der Waals surface area contributed by atoms with E-state index in [9.17, 15) is 26.3 Å². The Kier molecular flexibility index (Phi) is 6.46. The number of rotatable bonds is 4. The predicted molar refractivity (Wildman–Crippen MR) is 87.5 cm³/mol. The lowest BCUT2D eigenvalue weighted by Gasteiger charge is -2.44. The molecule has 2 heterocycles. The zero-order valence-corrected chi connectivity index (χ0v) is 16.1. The number of hydrogen-bond acceptors (Lipinski definition) is 4. The topological polar surface area (TPSA) is 24.9 Å². The van der Waals surface area contributed by atoms with Crippen molar-refractivity contribution >= 4 is 0 Å². The minimum Gasteiger partial charge on any atom is -0.360 e. The summed E-state index contributed by atoms with van der Waals surface area (Å²) in [5, 5.41) is 0. The Morgan fingerprint density at radius 3 is 1.37 bits per heavy atom. The molecule has 0 radical (unpaired) electrons. The Labute approximate surface area is 155 Å². The summed E-state index contributed by atoms with van der Waals surface area (Å²) in [6.45, 7) is 7.35. The molecular weight excluding hydrogens is 378 g/mol. The van der Waals surface area contributed by atoms with Crippen LogP contribution in [0, 0.1) is 0 Å². The molecule has 27 heavy (non-hydrogen) atoms. The van der Waals surface area contributed by atoms with Gasteiger partial charge in [0, 0.05) is 26.2 Å². The maximum Gasteiger partial charge on any atom is 0.415 e. The molecule has 0 spiro atoms. The largest absolute Gasteiger partial charge is 0.415 e. The fourth-order valence-electron chi connectivity index (χ4n) is 3.79. The van der Waals surface area contributed by atoms with Crippen molar-refractivity contribution in [2.24, 2.45) is 0 Å². The van der Waals surface area contributed by atoms with E-state index in [4.69, 9.17) is 9.47 Å². The SMILES string of the molecule is CC1(C)CN(CCCN2CC(C(F)(F)F)OC(C)(C)C2)CC(C(F)(F)F)O1. The Bertz CT molecular complexity index is 463. The summed E-state index contributed by atoms with van der Waals surface area (Å²) in [6.07, 6.45) is -12.1. The predicted octanol–water partition coefficient (Wildman–Crippen LogP) is 3.46. The summed E-state index contributed by atoms with van der Waals surface area (Å²) < 4.78 is 88.4. The fourth-order valence-corrected chi connectivity index (χ4v) is 3.79. The Balaban J connectivity index is 1.89. The summed E-state index contributed by atoms with van der Waals surface area (Å²) in [4.78, 5) is 3.35. The van der Waals surface area contributed by atoms with Gasteiger partial charge in [0.05, 0.1) is 11.2 Å². The number of ether oxygens (including phenoxy) is 2. The molecule has 0 saturated carbocycles. The van der Waals surface area contributed by atoms with Gasteiger partial charge >= 0.3 is 12.4 Å². The van der Waals surface area contributed by atoms with E-state index in [1.807, 2.05) is 0 Å². The molecule has 2 fully saturated rings. The van der Waals surface area contributed by atoms with E-state index in [0.717, 1.165) is 0 Å². The molecule has 2 atom stereocenters. The molecule has 2 aliphatic rings. The molecule has 0 aromatic carbocycles. The van der Waals surface area contributed by atoms with Crippen molar-refractivity contribution in [1.82, 2.24) is 9.80 Å². The van der Waals surface area contributed by atoms with Crippen LogP contribution < -0.4 is 0 Å². The van der Waals surface area contributed by atoms with Crippen LogP contribution in [0.1, 0.15) is 34.1 Å². The number of alkyl halides is 6. The lowest BCUT2D eigenvalue weighted by atomic mass is 10.0. The fraction of sp³-hybridized carbons (Fsp3) is 1.00. The monoisotopic (exact) mass is 406 g/mol. The van der Waals surface area contributed by atoms with Crippen LogP contribution in [0.4, 0.5) is 26.3 Å². The molecule has 0 aromatic heterocycles. The third-order valence-corrected chi connectivity index (χ3v) is 4.66. The molecule has 2 saturated heterocycles. The number of morpholine rings is 2. The highest BCUT2D eigenvalue weighted by Gasteiger charge is 2.49. The lowest BCUT2D eigenvalue weighted by molar-refractivity contribution is -0.273. The normalized spacial score (nSPS) is 30.4. The van der Waals surface area contributed by atoms with Gasteiger partial charge in [0.15, 0.2) is 12.2 Å². The van der Waals surface area contributed by atoms with Crippen LogP contribution >= 0.6 is 0 Å². The molecule has 2 rings (SSSR count). The van der Waals surface area contributed by atoms with E-state index < -0.39 is 35.8 Å². The van der Waals surface area contributed by atoms with Crippen LogP contribution in [0.15, 0.2) is 0 Å². The van der Waals surface area contributed by atoms with E-state index >= 15 is 0 Å². The van der Waals surface area contributed by atoms with Crippen molar-refractivity contribution in [3.63, 3.8) is 0 Å². The van der Waals surface area contributed by atoms with Crippen LogP contribution in [-0.4, -0.2) is 84.8 Å². The molecule has 10 heteroatoms. The average Bonchev–Trinajstić information content (AvgIpc) is 2.42. The van der Waals surface area contributed by atoms with Crippen molar-refractivity contribution in [2.45, 2.75) is 69.9 Å². The summed E-state index contributed by atoms with van der Waals surface area (Å²) >= 11 is 0. The van der Waals surface area contributed by atoms with E-state index in [-0.39, 0.29) is 13.1 Å². The molecule has 0 bridgehead atoms. The maximum atomic E-state index is 13.0. The van der Waals surface area contributed by atoms with Crippen LogP contribution in [0.5, 0.6) is 0 Å². The smallest absolute Gasteiger partial charge is 0.360 e. The molecule has 2 unspecified atom stereocenters. The van der Waals surface area contributed by atoms with Crippen LogP contribution in [0.25, 0.3) is 0 Å². The zero-order chi connectivity index (χ0) is 20.7. The van der Waals surface area contributed by atoms with Crippen molar-refractivity contribution in [1.29, 1.82) is 0 Å². The Hall–Kier alpha value is -0.580. The highest BCUT2D eigenvalue weighted by Crippen LogP contribution is 2.33. The van der Waals surface area contributed by atoms with Crippen molar-refractivity contribution < 1.29 is 35.8 Å². The summed E-state index contributed by atoms with van der Waals surface area (Å²) in [6, 6.07) is 0. The van der Waals surface area contributed by atoms with Crippen LogP contribution in [0.2, 0.25) is 0 Å². The van der Waals surface area contributed by atoms with Gasteiger partial charge in [0.1, 0.15) is 0 Å². The summed E-state index contributed by atoms with van der Waals surface area (Å²) in [7, 11) is 0. The van der Waals surface area contributed by atoms with E-state index in [2.05, 4.69) is 0 Å². The minimum absolute atomic E-state index is 0.257. The van der Waals surface area contributed by atoms with Crippen molar-refractivity contribution in [3.05, 3.63) is 0 Å². The molecule has 2 aliphatic heterocycles. The highest BCUT2D eigenvalue weighted by molar-refractivity contribution is 4.89. The summed E-state index contributed by atoms with van der Waals surface area (Å²) in [5.41, 5.74) is -1.86. The van der Waals surface area contributed by atoms with Crippen molar-refractivity contribution in [2.75, 3.05) is 39.3 Å². The second-order valence-corrected chi connectivity index (χ2v) is 8.64. The molecule has 160 valence electrons. The highest BCUT2D eigenvalue weighted by atomic mass is 19.4. The van der Waals surface area contributed by atoms with Crippen LogP contribution in [-0.2, 0) is 9.47 Å². The third-order valence-electron chi connectivity index (χ3n) is 4.66.